The lowest BCUT2D eigenvalue weighted by atomic mass is 10.2. The number of carbonyl (C=O) groups is 3. The first-order valence-electron chi connectivity index (χ1n) is 11.0. The Morgan fingerprint density at radius 1 is 0.886 bits per heavy atom. The van der Waals surface area contributed by atoms with Gasteiger partial charge >= 0.3 is 17.9 Å². The van der Waals surface area contributed by atoms with Gasteiger partial charge in [0, 0.05) is 12.2 Å². The zero-order valence-corrected chi connectivity index (χ0v) is 19.2. The van der Waals surface area contributed by atoms with E-state index in [0.29, 0.717) is 0 Å². The van der Waals surface area contributed by atoms with E-state index in [1.165, 1.54) is 12.2 Å². The van der Waals surface area contributed by atoms with Gasteiger partial charge in [0.2, 0.25) is 5.76 Å². The van der Waals surface area contributed by atoms with Crippen LogP contribution in [0.5, 0.6) is 0 Å². The summed E-state index contributed by atoms with van der Waals surface area (Å²) in [5.74, 6) is -4.23. The Bertz CT molecular complexity index is 1180. The highest BCUT2D eigenvalue weighted by atomic mass is 16.8. The highest BCUT2D eigenvalue weighted by molar-refractivity contribution is 5.97. The lowest BCUT2D eigenvalue weighted by Crippen LogP contribution is -2.33. The largest absolute Gasteiger partial charge is 0.445 e. The minimum Gasteiger partial charge on any atom is -0.445 e. The molecule has 0 N–H and O–H groups in total. The van der Waals surface area contributed by atoms with Gasteiger partial charge in [0.05, 0.1) is 6.61 Å². The second kappa shape index (κ2) is 10.5. The van der Waals surface area contributed by atoms with Gasteiger partial charge in [-0.1, -0.05) is 60.7 Å². The minimum absolute atomic E-state index is 0.0843. The van der Waals surface area contributed by atoms with Crippen molar-refractivity contribution in [3.63, 3.8) is 0 Å². The second-order valence-electron chi connectivity index (χ2n) is 8.22. The summed E-state index contributed by atoms with van der Waals surface area (Å²) in [5, 5.41) is 0. The van der Waals surface area contributed by atoms with Gasteiger partial charge in [0.25, 0.3) is 5.76 Å². The normalized spacial score (nSPS) is 21.5. The van der Waals surface area contributed by atoms with E-state index in [0.717, 1.165) is 17.2 Å². The standard InChI is InChI=1S/C27H24O8/c1-27(2)31-17-20(35-27)23-24(32-21(28)15-13-18-9-5-3-6-10-18)25(26(30)34-23)33-22(29)16-14-19-11-7-4-8-12-19/h3-16,20,23H,17H2,1-2H3/b15-13+,16-14+. The molecule has 4 rings (SSSR count). The molecule has 0 bridgehead atoms. The second-order valence-corrected chi connectivity index (χ2v) is 8.22. The SMILES string of the molecule is CC1(C)OCC(C2OC(=O)C(OC(=O)/C=C/c3ccccc3)=C2OC(=O)/C=C/c2ccccc2)O1. The van der Waals surface area contributed by atoms with E-state index in [4.69, 9.17) is 23.7 Å². The molecule has 0 spiro atoms. The van der Waals surface area contributed by atoms with E-state index in [9.17, 15) is 14.4 Å². The summed E-state index contributed by atoms with van der Waals surface area (Å²) in [6.07, 6.45) is 3.57. The molecule has 2 atom stereocenters. The fourth-order valence-corrected chi connectivity index (χ4v) is 3.49. The molecule has 180 valence electrons. The number of rotatable bonds is 7. The zero-order chi connectivity index (χ0) is 24.8. The summed E-state index contributed by atoms with van der Waals surface area (Å²) in [4.78, 5) is 37.6. The van der Waals surface area contributed by atoms with E-state index in [2.05, 4.69) is 0 Å². The topological polar surface area (TPSA) is 97.4 Å². The Morgan fingerprint density at radius 2 is 1.43 bits per heavy atom. The molecule has 0 aromatic heterocycles. The molecule has 1 fully saturated rings. The van der Waals surface area contributed by atoms with Crippen LogP contribution in [0.1, 0.15) is 25.0 Å². The molecule has 35 heavy (non-hydrogen) atoms. The van der Waals surface area contributed by atoms with Crippen LogP contribution < -0.4 is 0 Å². The molecule has 2 aliphatic rings. The van der Waals surface area contributed by atoms with Gasteiger partial charge in [-0.25, -0.2) is 14.4 Å². The quantitative estimate of drug-likeness (QED) is 0.338. The summed E-state index contributed by atoms with van der Waals surface area (Å²) in [6, 6.07) is 18.2. The number of esters is 3. The summed E-state index contributed by atoms with van der Waals surface area (Å²) in [6.45, 7) is 3.50. The van der Waals surface area contributed by atoms with Crippen LogP contribution in [-0.2, 0) is 38.1 Å². The molecule has 8 heteroatoms. The number of hydrogen-bond acceptors (Lipinski definition) is 8. The highest BCUT2D eigenvalue weighted by Crippen LogP contribution is 2.34. The minimum atomic E-state index is -1.13. The third kappa shape index (κ3) is 6.32. The third-order valence-corrected chi connectivity index (χ3v) is 5.11. The molecule has 1 saturated heterocycles. The van der Waals surface area contributed by atoms with Crippen molar-refractivity contribution in [1.29, 1.82) is 0 Å². The summed E-state index contributed by atoms with van der Waals surface area (Å²) < 4.78 is 27.4. The van der Waals surface area contributed by atoms with Gasteiger partial charge in [0.15, 0.2) is 11.9 Å². The van der Waals surface area contributed by atoms with Crippen LogP contribution >= 0.6 is 0 Å². The molecule has 2 heterocycles. The zero-order valence-electron chi connectivity index (χ0n) is 19.2. The van der Waals surface area contributed by atoms with Crippen LogP contribution in [-0.4, -0.2) is 42.5 Å². The maximum Gasteiger partial charge on any atom is 0.379 e. The molecule has 0 radical (unpaired) electrons. The van der Waals surface area contributed by atoms with E-state index in [1.54, 1.807) is 32.1 Å². The lowest BCUT2D eigenvalue weighted by Gasteiger charge is -2.21. The summed E-state index contributed by atoms with van der Waals surface area (Å²) >= 11 is 0. The van der Waals surface area contributed by atoms with Crippen LogP contribution in [0.2, 0.25) is 0 Å². The number of ether oxygens (including phenoxy) is 5. The van der Waals surface area contributed by atoms with Crippen molar-refractivity contribution in [1.82, 2.24) is 0 Å². The third-order valence-electron chi connectivity index (χ3n) is 5.11. The number of hydrogen-bond donors (Lipinski definition) is 0. The van der Waals surface area contributed by atoms with Crippen molar-refractivity contribution in [3.8, 4) is 0 Å². The van der Waals surface area contributed by atoms with Gasteiger partial charge in [-0.3, -0.25) is 0 Å². The molecule has 8 nitrogen and oxygen atoms in total. The van der Waals surface area contributed by atoms with Crippen LogP contribution in [0.3, 0.4) is 0 Å². The molecular formula is C27H24O8. The van der Waals surface area contributed by atoms with Crippen LogP contribution in [0.4, 0.5) is 0 Å². The maximum absolute atomic E-state index is 12.6. The number of cyclic esters (lactones) is 1. The Hall–Kier alpha value is -4.01. The highest BCUT2D eigenvalue weighted by Gasteiger charge is 2.49. The monoisotopic (exact) mass is 476 g/mol. The molecule has 2 aliphatic heterocycles. The number of carbonyl (C=O) groups excluding carboxylic acids is 3. The van der Waals surface area contributed by atoms with Crippen molar-refractivity contribution < 1.29 is 38.1 Å². The van der Waals surface area contributed by atoms with Crippen molar-refractivity contribution in [3.05, 3.63) is 95.5 Å². The number of benzene rings is 2. The molecule has 0 saturated carbocycles. The van der Waals surface area contributed by atoms with Crippen LogP contribution in [0, 0.1) is 0 Å². The first-order chi connectivity index (χ1) is 16.8. The average Bonchev–Trinajstić information content (AvgIpc) is 3.36. The first kappa shape index (κ1) is 24.1. The first-order valence-corrected chi connectivity index (χ1v) is 11.0. The lowest BCUT2D eigenvalue weighted by molar-refractivity contribution is -0.165. The van der Waals surface area contributed by atoms with Gasteiger partial charge in [-0.15, -0.1) is 0 Å². The predicted molar refractivity (Wildman–Crippen MR) is 125 cm³/mol. The van der Waals surface area contributed by atoms with Gasteiger partial charge in [0.1, 0.15) is 6.10 Å². The summed E-state index contributed by atoms with van der Waals surface area (Å²) in [7, 11) is 0. The molecule has 2 aromatic carbocycles. The van der Waals surface area contributed by atoms with Crippen molar-refractivity contribution in [2.75, 3.05) is 6.61 Å². The van der Waals surface area contributed by atoms with Gasteiger partial charge in [-0.2, -0.15) is 0 Å². The predicted octanol–water partition coefficient (Wildman–Crippen LogP) is 3.79. The van der Waals surface area contributed by atoms with Crippen molar-refractivity contribution in [2.45, 2.75) is 31.8 Å². The van der Waals surface area contributed by atoms with E-state index >= 15 is 0 Å². The molecule has 2 unspecified atom stereocenters. The van der Waals surface area contributed by atoms with Gasteiger partial charge < -0.3 is 23.7 Å². The van der Waals surface area contributed by atoms with Crippen molar-refractivity contribution in [2.24, 2.45) is 0 Å². The molecule has 0 aliphatic carbocycles. The van der Waals surface area contributed by atoms with Gasteiger partial charge in [-0.05, 0) is 37.1 Å². The van der Waals surface area contributed by atoms with E-state index < -0.39 is 41.7 Å². The van der Waals surface area contributed by atoms with E-state index in [-0.39, 0.29) is 12.4 Å². The smallest absolute Gasteiger partial charge is 0.379 e. The Labute approximate surface area is 202 Å². The van der Waals surface area contributed by atoms with Crippen LogP contribution in [0.15, 0.2) is 84.3 Å². The van der Waals surface area contributed by atoms with Crippen LogP contribution in [0.25, 0.3) is 12.2 Å². The Balaban J connectivity index is 1.56. The fourth-order valence-electron chi connectivity index (χ4n) is 3.49. The Morgan fingerprint density at radius 3 is 1.94 bits per heavy atom. The molecular weight excluding hydrogens is 452 g/mol. The maximum atomic E-state index is 12.6. The van der Waals surface area contributed by atoms with Crippen molar-refractivity contribution >= 4 is 30.1 Å². The Kier molecular flexibility index (Phi) is 7.24. The van der Waals surface area contributed by atoms with E-state index in [1.807, 2.05) is 48.5 Å². The fraction of sp³-hybridized carbons (Fsp3) is 0.222. The average molecular weight is 476 g/mol. The molecule has 2 aromatic rings. The molecule has 0 amide bonds. The summed E-state index contributed by atoms with van der Waals surface area (Å²) in [5.41, 5.74) is 1.54.